The number of nitrogens with zero attached hydrogens (tertiary/aromatic N) is 2. The van der Waals surface area contributed by atoms with E-state index in [1.54, 1.807) is 0 Å². The minimum Gasteiger partial charge on any atom is -0.384 e. The van der Waals surface area contributed by atoms with Crippen LogP contribution in [0.4, 0.5) is 11.4 Å². The minimum atomic E-state index is 0.648. The zero-order valence-electron chi connectivity index (χ0n) is 13.0. The Morgan fingerprint density at radius 3 is 2.58 bits per heavy atom. The zero-order chi connectivity index (χ0) is 14.3. The van der Waals surface area contributed by atoms with Crippen LogP contribution in [0.3, 0.4) is 0 Å². The van der Waals surface area contributed by atoms with E-state index in [2.05, 4.69) is 68.3 Å². The summed E-state index contributed by atoms with van der Waals surface area (Å²) in [6.07, 6.45) is 1.18. The third kappa shape index (κ3) is 6.48. The molecule has 1 aromatic rings. The van der Waals surface area contributed by atoms with Crippen molar-refractivity contribution < 1.29 is 0 Å². The highest BCUT2D eigenvalue weighted by molar-refractivity contribution is 5.57. The van der Waals surface area contributed by atoms with Crippen molar-refractivity contribution in [3.63, 3.8) is 0 Å². The highest BCUT2D eigenvalue weighted by atomic mass is 15.1. The second kappa shape index (κ2) is 8.05. The lowest BCUT2D eigenvalue weighted by atomic mass is 10.2. The van der Waals surface area contributed by atoms with Gasteiger partial charge in [0.25, 0.3) is 0 Å². The van der Waals surface area contributed by atoms with E-state index >= 15 is 0 Å². The molecule has 0 amide bonds. The van der Waals surface area contributed by atoms with Crippen LogP contribution in [-0.2, 0) is 0 Å². The third-order valence-corrected chi connectivity index (χ3v) is 3.03. The summed E-state index contributed by atoms with van der Waals surface area (Å²) >= 11 is 0. The molecule has 0 saturated heterocycles. The molecule has 0 aliphatic carbocycles. The minimum absolute atomic E-state index is 0.648. The van der Waals surface area contributed by atoms with Crippen LogP contribution >= 0.6 is 0 Å². The normalized spacial score (nSPS) is 11.1. The topological polar surface area (TPSA) is 18.5 Å². The summed E-state index contributed by atoms with van der Waals surface area (Å²) in [4.78, 5) is 4.53. The molecule has 0 atom stereocenters. The van der Waals surface area contributed by atoms with Gasteiger partial charge in [0.05, 0.1) is 0 Å². The monoisotopic (exact) mass is 262 g/mol. The van der Waals surface area contributed by atoms with E-state index in [9.17, 15) is 0 Å². The summed E-state index contributed by atoms with van der Waals surface area (Å²) in [5.74, 6) is 0.648. The molecule has 1 rings (SSSR count). The van der Waals surface area contributed by atoms with Crippen molar-refractivity contribution in [1.82, 2.24) is 4.90 Å². The van der Waals surface area contributed by atoms with Crippen molar-refractivity contribution in [2.75, 3.05) is 51.0 Å². The number of rotatable bonds is 8. The largest absolute Gasteiger partial charge is 0.384 e. The Labute approximate surface area is 118 Å². The molecular formula is C16H28N3. The average molecular weight is 262 g/mol. The van der Waals surface area contributed by atoms with E-state index in [1.807, 2.05) is 6.07 Å². The van der Waals surface area contributed by atoms with Gasteiger partial charge in [-0.05, 0) is 45.1 Å². The highest BCUT2D eigenvalue weighted by Crippen LogP contribution is 2.18. The Morgan fingerprint density at radius 1 is 1.21 bits per heavy atom. The first-order valence-corrected chi connectivity index (χ1v) is 7.10. The molecule has 0 bridgehead atoms. The number of benzene rings is 1. The van der Waals surface area contributed by atoms with Crippen molar-refractivity contribution in [2.45, 2.75) is 20.3 Å². The summed E-state index contributed by atoms with van der Waals surface area (Å²) in [7, 11) is 6.38. The lowest BCUT2D eigenvalue weighted by Gasteiger charge is -2.21. The van der Waals surface area contributed by atoms with Crippen LogP contribution in [0.1, 0.15) is 20.3 Å². The van der Waals surface area contributed by atoms with Crippen molar-refractivity contribution in [2.24, 2.45) is 5.92 Å². The number of hydrogen-bond donors (Lipinski definition) is 1. The van der Waals surface area contributed by atoms with Crippen LogP contribution in [0.5, 0.6) is 0 Å². The van der Waals surface area contributed by atoms with Gasteiger partial charge in [-0.15, -0.1) is 0 Å². The molecule has 1 radical (unpaired) electrons. The van der Waals surface area contributed by atoms with Crippen molar-refractivity contribution in [3.05, 3.63) is 24.3 Å². The number of nitrogens with one attached hydrogen (secondary N) is 1. The van der Waals surface area contributed by atoms with Gasteiger partial charge in [-0.3, -0.25) is 0 Å². The average Bonchev–Trinajstić information content (AvgIpc) is 2.36. The van der Waals surface area contributed by atoms with Gasteiger partial charge in [-0.2, -0.15) is 0 Å². The molecule has 0 aliphatic rings. The van der Waals surface area contributed by atoms with Gasteiger partial charge in [0.2, 0.25) is 0 Å². The molecule has 0 heterocycles. The van der Waals surface area contributed by atoms with Crippen LogP contribution < -0.4 is 10.2 Å². The highest BCUT2D eigenvalue weighted by Gasteiger charge is 2.03. The van der Waals surface area contributed by atoms with Crippen LogP contribution in [-0.4, -0.2) is 45.7 Å². The molecule has 0 aromatic heterocycles. The molecule has 3 nitrogen and oxygen atoms in total. The quantitative estimate of drug-likeness (QED) is 0.777. The zero-order valence-corrected chi connectivity index (χ0v) is 13.0. The van der Waals surface area contributed by atoms with E-state index in [0.29, 0.717) is 5.92 Å². The van der Waals surface area contributed by atoms with Crippen LogP contribution in [0.25, 0.3) is 0 Å². The van der Waals surface area contributed by atoms with Crippen molar-refractivity contribution in [1.29, 1.82) is 0 Å². The second-order valence-electron chi connectivity index (χ2n) is 5.81. The lowest BCUT2D eigenvalue weighted by Crippen LogP contribution is -2.23. The van der Waals surface area contributed by atoms with E-state index in [4.69, 9.17) is 0 Å². The smallest absolute Gasteiger partial charge is 0.0441 e. The van der Waals surface area contributed by atoms with E-state index in [1.165, 1.54) is 12.1 Å². The SMILES string of the molecule is CC(C)CNc1[c]ccc(N(C)CCCN(C)C)c1. The first-order chi connectivity index (χ1) is 8.99. The van der Waals surface area contributed by atoms with Crippen molar-refractivity contribution in [3.8, 4) is 0 Å². The molecule has 0 saturated carbocycles. The summed E-state index contributed by atoms with van der Waals surface area (Å²) in [5, 5.41) is 3.42. The Hall–Kier alpha value is -1.22. The van der Waals surface area contributed by atoms with E-state index in [-0.39, 0.29) is 0 Å². The van der Waals surface area contributed by atoms with Gasteiger partial charge < -0.3 is 15.1 Å². The molecule has 1 aromatic carbocycles. The molecule has 0 unspecified atom stereocenters. The standard InChI is InChI=1S/C16H28N3/c1-14(2)13-17-15-8-6-9-16(12-15)19(5)11-7-10-18(3)4/h6,9,12,14,17H,7,10-11,13H2,1-5H3. The van der Waals surface area contributed by atoms with Gasteiger partial charge in [0, 0.05) is 37.6 Å². The molecule has 107 valence electrons. The third-order valence-electron chi connectivity index (χ3n) is 3.03. The van der Waals surface area contributed by atoms with Crippen molar-refractivity contribution >= 4 is 11.4 Å². The number of hydrogen-bond acceptors (Lipinski definition) is 3. The Balaban J connectivity index is 2.50. The summed E-state index contributed by atoms with van der Waals surface area (Å²) in [6, 6.07) is 9.55. The fraction of sp³-hybridized carbons (Fsp3) is 0.625. The van der Waals surface area contributed by atoms with Gasteiger partial charge in [-0.1, -0.05) is 19.9 Å². The number of anilines is 2. The van der Waals surface area contributed by atoms with Gasteiger partial charge in [0.15, 0.2) is 0 Å². The first kappa shape index (κ1) is 15.8. The van der Waals surface area contributed by atoms with Gasteiger partial charge in [0.1, 0.15) is 0 Å². The van der Waals surface area contributed by atoms with Gasteiger partial charge >= 0.3 is 0 Å². The summed E-state index contributed by atoms with van der Waals surface area (Å²) < 4.78 is 0. The molecular weight excluding hydrogens is 234 g/mol. The molecule has 19 heavy (non-hydrogen) atoms. The fourth-order valence-corrected chi connectivity index (χ4v) is 1.86. The second-order valence-corrected chi connectivity index (χ2v) is 5.81. The summed E-state index contributed by atoms with van der Waals surface area (Å²) in [6.45, 7) is 7.62. The first-order valence-electron chi connectivity index (χ1n) is 7.10. The maximum Gasteiger partial charge on any atom is 0.0441 e. The fourth-order valence-electron chi connectivity index (χ4n) is 1.86. The van der Waals surface area contributed by atoms with E-state index in [0.717, 1.165) is 25.3 Å². The molecule has 1 N–H and O–H groups in total. The molecule has 0 spiro atoms. The van der Waals surface area contributed by atoms with Gasteiger partial charge in [-0.25, -0.2) is 0 Å². The summed E-state index contributed by atoms with van der Waals surface area (Å²) in [5.41, 5.74) is 2.34. The molecule has 0 fully saturated rings. The Morgan fingerprint density at radius 2 is 1.95 bits per heavy atom. The molecule has 3 heteroatoms. The maximum absolute atomic E-state index is 3.42. The predicted octanol–water partition coefficient (Wildman–Crippen LogP) is 2.94. The van der Waals surface area contributed by atoms with Crippen LogP contribution in [0, 0.1) is 12.0 Å². The van der Waals surface area contributed by atoms with Crippen LogP contribution in [0.2, 0.25) is 0 Å². The van der Waals surface area contributed by atoms with E-state index < -0.39 is 0 Å². The predicted molar refractivity (Wildman–Crippen MR) is 85.0 cm³/mol. The maximum atomic E-state index is 3.42. The van der Waals surface area contributed by atoms with Crippen LogP contribution in [0.15, 0.2) is 18.2 Å². The Kier molecular flexibility index (Phi) is 6.71. The Bertz CT molecular complexity index is 361. The molecule has 0 aliphatic heterocycles. The lowest BCUT2D eigenvalue weighted by molar-refractivity contribution is 0.401.